The Morgan fingerprint density at radius 3 is 2.07 bits per heavy atom. The molecule has 0 aromatic heterocycles. The minimum atomic E-state index is -3.42. The first-order valence-electron chi connectivity index (χ1n) is 4.10. The minimum absolute atomic E-state index is 0.107. The van der Waals surface area contributed by atoms with E-state index in [-0.39, 0.29) is 18.1 Å². The Morgan fingerprint density at radius 1 is 1.07 bits per heavy atom. The van der Waals surface area contributed by atoms with E-state index in [1.54, 1.807) is 0 Å². The highest BCUT2D eigenvalue weighted by molar-refractivity contribution is 7.90. The summed E-state index contributed by atoms with van der Waals surface area (Å²) in [7, 11) is -6.34. The Kier molecular flexibility index (Phi) is 5.57. The number of nitrogens with two attached hydrogens (primary N) is 1. The number of rotatable bonds is 7. The second-order valence-electron chi connectivity index (χ2n) is 3.10. The van der Waals surface area contributed by atoms with Gasteiger partial charge in [-0.2, -0.15) is 0 Å². The second-order valence-corrected chi connectivity index (χ2v) is 7.09. The van der Waals surface area contributed by atoms with Crippen molar-refractivity contribution in [1.29, 1.82) is 0 Å². The average molecular weight is 244 g/mol. The van der Waals surface area contributed by atoms with Gasteiger partial charge >= 0.3 is 0 Å². The summed E-state index contributed by atoms with van der Waals surface area (Å²) in [5, 5.41) is 7.55. The van der Waals surface area contributed by atoms with Crippen LogP contribution in [-0.2, 0) is 19.9 Å². The third-order valence-corrected chi connectivity index (χ3v) is 3.24. The lowest BCUT2D eigenvalue weighted by molar-refractivity contribution is 0.587. The van der Waals surface area contributed by atoms with Gasteiger partial charge in [0, 0.05) is 12.8 Å². The van der Waals surface area contributed by atoms with Crippen LogP contribution in [0.3, 0.4) is 0 Å². The Morgan fingerprint density at radius 2 is 1.64 bits per heavy atom. The lowest BCUT2D eigenvalue weighted by Gasteiger charge is -2.02. The highest BCUT2D eigenvalue weighted by Crippen LogP contribution is 1.86. The standard InChI is InChI=1S/C6H16N2O4S2/c1-13(9,10)5-2-3-8-4-6-14(7,11)12/h8H,2-6H2,1H3,(H2,7,11,12). The molecule has 0 aliphatic heterocycles. The molecule has 6 nitrogen and oxygen atoms in total. The van der Waals surface area contributed by atoms with Crippen LogP contribution in [0.2, 0.25) is 0 Å². The van der Waals surface area contributed by atoms with Crippen molar-refractivity contribution in [3.8, 4) is 0 Å². The summed E-state index contributed by atoms with van der Waals surface area (Å²) in [5.74, 6) is -0.0265. The van der Waals surface area contributed by atoms with Gasteiger partial charge in [0.15, 0.2) is 0 Å². The van der Waals surface area contributed by atoms with Crippen LogP contribution in [-0.4, -0.2) is 47.7 Å². The second kappa shape index (κ2) is 5.64. The quantitative estimate of drug-likeness (QED) is 0.519. The lowest BCUT2D eigenvalue weighted by Crippen LogP contribution is -2.28. The van der Waals surface area contributed by atoms with Crippen LogP contribution in [0.5, 0.6) is 0 Å². The summed E-state index contributed by atoms with van der Waals surface area (Å²) in [5.41, 5.74) is 0. The molecule has 0 heterocycles. The first kappa shape index (κ1) is 13.8. The van der Waals surface area contributed by atoms with Crippen molar-refractivity contribution in [1.82, 2.24) is 5.32 Å². The van der Waals surface area contributed by atoms with E-state index in [2.05, 4.69) is 5.32 Å². The molecular formula is C6H16N2O4S2. The number of primary sulfonamides is 1. The van der Waals surface area contributed by atoms with E-state index in [0.717, 1.165) is 6.26 Å². The molecule has 0 bridgehead atoms. The minimum Gasteiger partial charge on any atom is -0.316 e. The Hall–Kier alpha value is -0.180. The molecule has 0 atom stereocenters. The summed E-state index contributed by atoms with van der Waals surface area (Å²) in [6.45, 7) is 0.727. The van der Waals surface area contributed by atoms with Gasteiger partial charge in [-0.05, 0) is 13.0 Å². The van der Waals surface area contributed by atoms with Crippen LogP contribution >= 0.6 is 0 Å². The molecule has 0 aromatic rings. The molecule has 0 fully saturated rings. The van der Waals surface area contributed by atoms with Crippen LogP contribution in [0.15, 0.2) is 0 Å². The van der Waals surface area contributed by atoms with E-state index in [1.165, 1.54) is 0 Å². The fourth-order valence-corrected chi connectivity index (χ4v) is 1.90. The van der Waals surface area contributed by atoms with Gasteiger partial charge in [0.05, 0.1) is 11.5 Å². The number of sulfonamides is 1. The first-order chi connectivity index (χ1) is 6.21. The van der Waals surface area contributed by atoms with Crippen LogP contribution in [0.25, 0.3) is 0 Å². The molecule has 3 N–H and O–H groups in total. The van der Waals surface area contributed by atoms with Gasteiger partial charge in [-0.1, -0.05) is 0 Å². The van der Waals surface area contributed by atoms with Crippen LogP contribution < -0.4 is 10.5 Å². The van der Waals surface area contributed by atoms with Crippen molar-refractivity contribution in [2.75, 3.05) is 30.9 Å². The van der Waals surface area contributed by atoms with Crippen molar-refractivity contribution in [2.45, 2.75) is 6.42 Å². The van der Waals surface area contributed by atoms with Gasteiger partial charge in [0.1, 0.15) is 9.84 Å². The number of hydrogen-bond acceptors (Lipinski definition) is 5. The van der Waals surface area contributed by atoms with Gasteiger partial charge in [0.25, 0.3) is 0 Å². The van der Waals surface area contributed by atoms with E-state index in [4.69, 9.17) is 5.14 Å². The summed E-state index contributed by atoms with van der Waals surface area (Å²) in [4.78, 5) is 0. The van der Waals surface area contributed by atoms with Gasteiger partial charge < -0.3 is 5.32 Å². The molecular weight excluding hydrogens is 228 g/mol. The average Bonchev–Trinajstić information content (AvgIpc) is 1.92. The van der Waals surface area contributed by atoms with Crippen molar-refractivity contribution >= 4 is 19.9 Å². The van der Waals surface area contributed by atoms with Crippen molar-refractivity contribution < 1.29 is 16.8 Å². The number of sulfone groups is 1. The normalized spacial score (nSPS) is 13.0. The molecule has 0 spiro atoms. The van der Waals surface area contributed by atoms with Gasteiger partial charge in [-0.15, -0.1) is 0 Å². The van der Waals surface area contributed by atoms with Crippen LogP contribution in [0.4, 0.5) is 0 Å². The maximum Gasteiger partial charge on any atom is 0.210 e. The molecule has 0 aromatic carbocycles. The van der Waals surface area contributed by atoms with Crippen LogP contribution in [0.1, 0.15) is 6.42 Å². The summed E-state index contributed by atoms with van der Waals surface area (Å²) in [6, 6.07) is 0. The van der Waals surface area contributed by atoms with Gasteiger partial charge in [-0.3, -0.25) is 0 Å². The number of hydrogen-bond donors (Lipinski definition) is 2. The smallest absolute Gasteiger partial charge is 0.210 e. The molecule has 8 heteroatoms. The highest BCUT2D eigenvalue weighted by Gasteiger charge is 2.02. The largest absolute Gasteiger partial charge is 0.316 e. The van der Waals surface area contributed by atoms with E-state index < -0.39 is 19.9 Å². The Labute approximate surface area is 84.8 Å². The molecule has 0 saturated carbocycles. The molecule has 0 amide bonds. The maximum absolute atomic E-state index is 10.7. The maximum atomic E-state index is 10.7. The summed E-state index contributed by atoms with van der Waals surface area (Å²) < 4.78 is 42.3. The van der Waals surface area contributed by atoms with Gasteiger partial charge in [-0.25, -0.2) is 22.0 Å². The van der Waals surface area contributed by atoms with E-state index in [0.29, 0.717) is 13.0 Å². The molecule has 0 saturated heterocycles. The number of nitrogens with one attached hydrogen (secondary N) is 1. The van der Waals surface area contributed by atoms with Gasteiger partial charge in [0.2, 0.25) is 10.0 Å². The van der Waals surface area contributed by atoms with Crippen molar-refractivity contribution in [3.63, 3.8) is 0 Å². The predicted molar refractivity (Wildman–Crippen MR) is 55.2 cm³/mol. The van der Waals surface area contributed by atoms with Crippen molar-refractivity contribution in [3.05, 3.63) is 0 Å². The lowest BCUT2D eigenvalue weighted by atomic mass is 10.5. The SMILES string of the molecule is CS(=O)(=O)CCCNCCS(N)(=O)=O. The van der Waals surface area contributed by atoms with E-state index in [1.807, 2.05) is 0 Å². The molecule has 0 rings (SSSR count). The zero-order chi connectivity index (χ0) is 11.2. The Bertz CT molecular complexity index is 310. The zero-order valence-electron chi connectivity index (χ0n) is 8.06. The highest BCUT2D eigenvalue weighted by atomic mass is 32.2. The Balaban J connectivity index is 3.41. The third-order valence-electron chi connectivity index (χ3n) is 1.43. The summed E-state index contributed by atoms with van der Waals surface area (Å²) >= 11 is 0. The fraction of sp³-hybridized carbons (Fsp3) is 1.00. The topological polar surface area (TPSA) is 106 Å². The first-order valence-corrected chi connectivity index (χ1v) is 7.87. The molecule has 0 aliphatic rings. The zero-order valence-corrected chi connectivity index (χ0v) is 9.70. The third kappa shape index (κ3) is 11.8. The van der Waals surface area contributed by atoms with E-state index in [9.17, 15) is 16.8 Å². The molecule has 0 aliphatic carbocycles. The predicted octanol–water partition coefficient (Wildman–Crippen LogP) is -1.70. The monoisotopic (exact) mass is 244 g/mol. The van der Waals surface area contributed by atoms with Crippen LogP contribution in [0, 0.1) is 0 Å². The molecule has 0 radical (unpaired) electrons. The van der Waals surface area contributed by atoms with Crippen molar-refractivity contribution in [2.24, 2.45) is 5.14 Å². The molecule has 14 heavy (non-hydrogen) atoms. The molecule has 86 valence electrons. The summed E-state index contributed by atoms with van der Waals surface area (Å²) in [6.07, 6.45) is 1.64. The molecule has 0 unspecified atom stereocenters. The fourth-order valence-electron chi connectivity index (χ4n) is 0.799. The van der Waals surface area contributed by atoms with E-state index >= 15 is 0 Å².